The smallest absolute Gasteiger partial charge is 0.143 e. The number of H-pyrrole nitrogens is 1. The first-order valence-electron chi connectivity index (χ1n) is 13.3. The van der Waals surface area contributed by atoms with Crippen molar-refractivity contribution in [1.82, 2.24) is 9.55 Å². The molecule has 3 heteroatoms. The minimum atomic E-state index is 0.916. The van der Waals surface area contributed by atoms with E-state index >= 15 is 0 Å². The van der Waals surface area contributed by atoms with Crippen LogP contribution in [0.1, 0.15) is 0 Å². The fraction of sp³-hybridized carbons (Fsp3) is 0. The lowest BCUT2D eigenvalue weighted by atomic mass is 10.0. The predicted molar refractivity (Wildman–Crippen MR) is 163 cm³/mol. The topological polar surface area (TPSA) is 33.9 Å². The van der Waals surface area contributed by atoms with Crippen molar-refractivity contribution in [2.45, 2.75) is 0 Å². The summed E-state index contributed by atoms with van der Waals surface area (Å²) in [6.07, 6.45) is 0. The van der Waals surface area contributed by atoms with Crippen molar-refractivity contribution in [1.29, 1.82) is 0 Å². The Balaban J connectivity index is 1.36. The molecule has 9 rings (SSSR count). The first kappa shape index (κ1) is 20.7. The van der Waals surface area contributed by atoms with Crippen molar-refractivity contribution in [3.05, 3.63) is 127 Å². The lowest BCUT2D eigenvalue weighted by Gasteiger charge is -2.11. The predicted octanol–water partition coefficient (Wildman–Crippen LogP) is 9.98. The highest BCUT2D eigenvalue weighted by Gasteiger charge is 2.18. The fourth-order valence-corrected chi connectivity index (χ4v) is 6.43. The van der Waals surface area contributed by atoms with Crippen molar-refractivity contribution in [2.24, 2.45) is 0 Å². The average molecular weight is 499 g/mol. The minimum absolute atomic E-state index is 0.916. The van der Waals surface area contributed by atoms with E-state index in [1.54, 1.807) is 0 Å². The quantitative estimate of drug-likeness (QED) is 0.253. The van der Waals surface area contributed by atoms with Gasteiger partial charge in [0.05, 0.1) is 16.6 Å². The molecule has 0 fully saturated rings. The van der Waals surface area contributed by atoms with Gasteiger partial charge in [-0.1, -0.05) is 97.1 Å². The van der Waals surface area contributed by atoms with Gasteiger partial charge in [0.2, 0.25) is 0 Å². The van der Waals surface area contributed by atoms with Crippen LogP contribution in [-0.4, -0.2) is 9.55 Å². The number of fused-ring (bicyclic) bond motifs is 10. The van der Waals surface area contributed by atoms with E-state index in [0.29, 0.717) is 0 Å². The number of benzene rings is 6. The van der Waals surface area contributed by atoms with Gasteiger partial charge in [-0.05, 0) is 35.9 Å². The molecular weight excluding hydrogens is 476 g/mol. The van der Waals surface area contributed by atoms with Gasteiger partial charge in [0, 0.05) is 49.1 Å². The molecule has 0 saturated carbocycles. The third-order valence-corrected chi connectivity index (χ3v) is 8.13. The number of nitrogens with one attached hydrogen (secondary N) is 1. The van der Waals surface area contributed by atoms with Crippen LogP contribution in [0.5, 0.6) is 0 Å². The van der Waals surface area contributed by atoms with Gasteiger partial charge >= 0.3 is 0 Å². The lowest BCUT2D eigenvalue weighted by molar-refractivity contribution is 0.670. The molecule has 0 aliphatic heterocycles. The number of nitrogens with zero attached hydrogens (tertiary/aromatic N) is 1. The highest BCUT2D eigenvalue weighted by atomic mass is 16.3. The summed E-state index contributed by atoms with van der Waals surface area (Å²) in [6.45, 7) is 0. The first-order chi connectivity index (χ1) is 19.3. The monoisotopic (exact) mass is 498 g/mol. The summed E-state index contributed by atoms with van der Waals surface area (Å²) >= 11 is 0. The summed E-state index contributed by atoms with van der Waals surface area (Å²) in [5.41, 5.74) is 9.90. The number of para-hydroxylation sites is 4. The number of hydrogen-bond donors (Lipinski definition) is 1. The zero-order valence-corrected chi connectivity index (χ0v) is 21.0. The van der Waals surface area contributed by atoms with E-state index in [1.807, 2.05) is 12.1 Å². The van der Waals surface area contributed by atoms with E-state index in [4.69, 9.17) is 4.42 Å². The Bertz CT molecular complexity index is 2400. The van der Waals surface area contributed by atoms with Crippen molar-refractivity contribution >= 4 is 65.6 Å². The molecule has 0 spiro atoms. The molecule has 1 N–H and O–H groups in total. The molecule has 0 radical (unpaired) electrons. The van der Waals surface area contributed by atoms with Crippen LogP contribution in [-0.2, 0) is 0 Å². The highest BCUT2D eigenvalue weighted by molar-refractivity contribution is 6.22. The van der Waals surface area contributed by atoms with Crippen LogP contribution in [0.15, 0.2) is 132 Å². The van der Waals surface area contributed by atoms with Crippen molar-refractivity contribution in [2.75, 3.05) is 0 Å². The molecule has 0 aliphatic rings. The van der Waals surface area contributed by atoms with Crippen LogP contribution in [0.4, 0.5) is 0 Å². The van der Waals surface area contributed by atoms with Gasteiger partial charge in [0.15, 0.2) is 0 Å². The van der Waals surface area contributed by atoms with Crippen molar-refractivity contribution in [3.8, 4) is 16.8 Å². The standard InChI is InChI=1S/C36H22N2O/c1-4-16-31-25(11-1)28-19-20-29-26-12-2-5-17-32(26)38(35(29)34(28)37-31)23-10-7-9-22(21-23)24-14-8-15-30-27-13-3-6-18-33(27)39-36(24)30/h1-21,37H. The lowest BCUT2D eigenvalue weighted by Crippen LogP contribution is -1.95. The fourth-order valence-electron chi connectivity index (χ4n) is 6.43. The molecule has 0 aliphatic carbocycles. The molecular formula is C36H22N2O. The Morgan fingerprint density at radius 3 is 2.23 bits per heavy atom. The van der Waals surface area contributed by atoms with E-state index in [9.17, 15) is 0 Å². The molecule has 39 heavy (non-hydrogen) atoms. The molecule has 6 aromatic carbocycles. The van der Waals surface area contributed by atoms with Crippen LogP contribution in [0.25, 0.3) is 82.4 Å². The van der Waals surface area contributed by atoms with E-state index in [1.165, 1.54) is 32.6 Å². The Morgan fingerprint density at radius 2 is 1.28 bits per heavy atom. The Morgan fingerprint density at radius 1 is 0.538 bits per heavy atom. The van der Waals surface area contributed by atoms with Gasteiger partial charge in [-0.2, -0.15) is 0 Å². The maximum atomic E-state index is 6.39. The molecule has 0 atom stereocenters. The van der Waals surface area contributed by atoms with E-state index in [2.05, 4.69) is 125 Å². The maximum absolute atomic E-state index is 6.39. The molecule has 3 heterocycles. The van der Waals surface area contributed by atoms with Crippen LogP contribution >= 0.6 is 0 Å². The number of aromatic amines is 1. The van der Waals surface area contributed by atoms with Crippen molar-refractivity contribution < 1.29 is 4.42 Å². The van der Waals surface area contributed by atoms with Crippen LogP contribution < -0.4 is 0 Å². The Kier molecular flexibility index (Phi) is 4.05. The van der Waals surface area contributed by atoms with E-state index in [-0.39, 0.29) is 0 Å². The zero-order valence-electron chi connectivity index (χ0n) is 21.0. The second-order valence-electron chi connectivity index (χ2n) is 10.2. The molecule has 3 aromatic heterocycles. The summed E-state index contributed by atoms with van der Waals surface area (Å²) in [5, 5.41) is 7.27. The molecule has 0 unspecified atom stereocenters. The third kappa shape index (κ3) is 2.82. The van der Waals surface area contributed by atoms with Gasteiger partial charge in [-0.15, -0.1) is 0 Å². The molecule has 9 aromatic rings. The molecule has 0 amide bonds. The molecule has 182 valence electrons. The summed E-state index contributed by atoms with van der Waals surface area (Å²) in [7, 11) is 0. The SMILES string of the molecule is c1cc(-c2cccc3c2oc2ccccc23)cc(-n2c3ccccc3c3ccc4c5ccccc5[nH]c4c32)c1. The Labute approximate surface area is 223 Å². The van der Waals surface area contributed by atoms with Gasteiger partial charge in [0.25, 0.3) is 0 Å². The summed E-state index contributed by atoms with van der Waals surface area (Å²) < 4.78 is 8.80. The molecule has 3 nitrogen and oxygen atoms in total. The van der Waals surface area contributed by atoms with Crippen molar-refractivity contribution in [3.63, 3.8) is 0 Å². The third-order valence-electron chi connectivity index (χ3n) is 8.13. The summed E-state index contributed by atoms with van der Waals surface area (Å²) in [6, 6.07) is 45.3. The largest absolute Gasteiger partial charge is 0.455 e. The van der Waals surface area contributed by atoms with Gasteiger partial charge < -0.3 is 14.0 Å². The van der Waals surface area contributed by atoms with Crippen LogP contribution in [0.3, 0.4) is 0 Å². The normalized spacial score (nSPS) is 12.1. The van der Waals surface area contributed by atoms with E-state index < -0.39 is 0 Å². The van der Waals surface area contributed by atoms with Gasteiger partial charge in [-0.25, -0.2) is 0 Å². The highest BCUT2D eigenvalue weighted by Crippen LogP contribution is 2.40. The first-order valence-corrected chi connectivity index (χ1v) is 13.3. The van der Waals surface area contributed by atoms with E-state index in [0.717, 1.165) is 49.8 Å². The minimum Gasteiger partial charge on any atom is -0.455 e. The Hall–Kier alpha value is -5.28. The number of furan rings is 1. The van der Waals surface area contributed by atoms with Gasteiger partial charge in [-0.3, -0.25) is 0 Å². The molecule has 0 bridgehead atoms. The zero-order chi connectivity index (χ0) is 25.5. The second kappa shape index (κ2) is 7.62. The summed E-state index contributed by atoms with van der Waals surface area (Å²) in [4.78, 5) is 3.74. The average Bonchev–Trinajstić information content (AvgIpc) is 3.66. The number of hydrogen-bond acceptors (Lipinski definition) is 1. The van der Waals surface area contributed by atoms with Crippen LogP contribution in [0, 0.1) is 0 Å². The molecule has 0 saturated heterocycles. The second-order valence-corrected chi connectivity index (χ2v) is 10.2. The van der Waals surface area contributed by atoms with Gasteiger partial charge in [0.1, 0.15) is 11.2 Å². The number of aromatic nitrogens is 2. The van der Waals surface area contributed by atoms with Crippen LogP contribution in [0.2, 0.25) is 0 Å². The maximum Gasteiger partial charge on any atom is 0.143 e. The number of rotatable bonds is 2. The summed E-state index contributed by atoms with van der Waals surface area (Å²) in [5.74, 6) is 0.